The van der Waals surface area contributed by atoms with Crippen LogP contribution in [0.3, 0.4) is 0 Å². The highest BCUT2D eigenvalue weighted by Gasteiger charge is 2.31. The molecule has 0 aromatic carbocycles. The number of amides is 1. The number of carbonyl (C=O) groups excluding carboxylic acids is 1. The average Bonchev–Trinajstić information content (AvgIpc) is 2.38. The van der Waals surface area contributed by atoms with Gasteiger partial charge in [-0.3, -0.25) is 9.59 Å². The van der Waals surface area contributed by atoms with Gasteiger partial charge in [-0.2, -0.15) is 0 Å². The minimum atomic E-state index is -0.768. The van der Waals surface area contributed by atoms with Crippen molar-refractivity contribution in [2.75, 3.05) is 20.2 Å². The number of hydrogen-bond donors (Lipinski definition) is 3. The number of hydrogen-bond acceptors (Lipinski definition) is 4. The number of nitrogens with one attached hydrogen (secondary N) is 1. The fraction of sp³-hybridized carbons (Fsp3) is 0.833. The highest BCUT2D eigenvalue weighted by atomic mass is 16.5. The quantitative estimate of drug-likeness (QED) is 0.621. The van der Waals surface area contributed by atoms with Gasteiger partial charge in [0.2, 0.25) is 5.91 Å². The molecule has 1 saturated carbocycles. The van der Waals surface area contributed by atoms with Crippen molar-refractivity contribution >= 4 is 11.9 Å². The van der Waals surface area contributed by atoms with E-state index < -0.39 is 12.1 Å². The molecule has 0 aliphatic heterocycles. The van der Waals surface area contributed by atoms with Crippen LogP contribution in [0, 0.1) is 11.8 Å². The Hall–Kier alpha value is -1.14. The van der Waals surface area contributed by atoms with Crippen LogP contribution in [0.4, 0.5) is 0 Å². The lowest BCUT2D eigenvalue weighted by atomic mass is 9.79. The van der Waals surface area contributed by atoms with E-state index in [0.717, 1.165) is 19.3 Å². The summed E-state index contributed by atoms with van der Waals surface area (Å²) in [7, 11) is 1.43. The maximum absolute atomic E-state index is 11.7. The molecule has 1 rings (SSSR count). The Morgan fingerprint density at radius 2 is 2.11 bits per heavy atom. The summed E-state index contributed by atoms with van der Waals surface area (Å²) in [6.07, 6.45) is 2.86. The number of aliphatic carboxylic acids is 1. The van der Waals surface area contributed by atoms with Crippen LogP contribution in [-0.2, 0) is 14.3 Å². The van der Waals surface area contributed by atoms with E-state index in [9.17, 15) is 9.59 Å². The highest BCUT2D eigenvalue weighted by molar-refractivity contribution is 5.81. The summed E-state index contributed by atoms with van der Waals surface area (Å²) in [6.45, 7) is 0.505. The second-order valence-corrected chi connectivity index (χ2v) is 4.69. The summed E-state index contributed by atoms with van der Waals surface area (Å²) in [5.74, 6) is -1.38. The van der Waals surface area contributed by atoms with Crippen LogP contribution in [0.5, 0.6) is 0 Å². The van der Waals surface area contributed by atoms with Crippen molar-refractivity contribution in [2.45, 2.75) is 31.8 Å². The fourth-order valence-corrected chi connectivity index (χ4v) is 2.43. The first-order chi connectivity index (χ1) is 8.60. The number of nitrogens with two attached hydrogens (primary N) is 1. The smallest absolute Gasteiger partial charge is 0.306 e. The first kappa shape index (κ1) is 14.9. The van der Waals surface area contributed by atoms with Gasteiger partial charge in [0, 0.05) is 20.2 Å². The Morgan fingerprint density at radius 3 is 2.67 bits per heavy atom. The minimum absolute atomic E-state index is 0.00970. The third-order valence-electron chi connectivity index (χ3n) is 3.56. The van der Waals surface area contributed by atoms with Crippen LogP contribution in [-0.4, -0.2) is 43.3 Å². The first-order valence-corrected chi connectivity index (χ1v) is 6.33. The van der Waals surface area contributed by atoms with Crippen molar-refractivity contribution < 1.29 is 19.4 Å². The van der Waals surface area contributed by atoms with Crippen molar-refractivity contribution in [3.8, 4) is 0 Å². The molecule has 6 heteroatoms. The van der Waals surface area contributed by atoms with Crippen molar-refractivity contribution in [2.24, 2.45) is 17.6 Å². The van der Waals surface area contributed by atoms with Gasteiger partial charge >= 0.3 is 5.97 Å². The molecule has 18 heavy (non-hydrogen) atoms. The maximum atomic E-state index is 11.7. The molecule has 0 bridgehead atoms. The molecule has 0 aromatic heterocycles. The monoisotopic (exact) mass is 258 g/mol. The second-order valence-electron chi connectivity index (χ2n) is 4.69. The predicted octanol–water partition coefficient (Wildman–Crippen LogP) is -0.0327. The largest absolute Gasteiger partial charge is 0.481 e. The van der Waals surface area contributed by atoms with Crippen LogP contribution >= 0.6 is 0 Å². The third-order valence-corrected chi connectivity index (χ3v) is 3.56. The lowest BCUT2D eigenvalue weighted by Crippen LogP contribution is -2.44. The SMILES string of the molecule is COC(CN)C(=O)NCC1CCCCC1C(=O)O. The number of ether oxygens (including phenoxy) is 1. The molecule has 1 fully saturated rings. The normalized spacial score (nSPS) is 25.4. The topological polar surface area (TPSA) is 102 Å². The lowest BCUT2D eigenvalue weighted by molar-refractivity contribution is -0.145. The number of methoxy groups -OCH3 is 1. The molecule has 0 saturated heterocycles. The molecular formula is C12H22N2O4. The van der Waals surface area contributed by atoms with Crippen LogP contribution in [0.1, 0.15) is 25.7 Å². The zero-order valence-electron chi connectivity index (χ0n) is 10.7. The Balaban J connectivity index is 2.45. The zero-order chi connectivity index (χ0) is 13.5. The average molecular weight is 258 g/mol. The summed E-state index contributed by atoms with van der Waals surface area (Å²) in [6, 6.07) is 0. The number of rotatable bonds is 6. The molecule has 0 spiro atoms. The van der Waals surface area contributed by atoms with E-state index in [4.69, 9.17) is 15.6 Å². The van der Waals surface area contributed by atoms with E-state index in [1.165, 1.54) is 7.11 Å². The Kier molecular flexibility index (Phi) is 6.07. The first-order valence-electron chi connectivity index (χ1n) is 6.33. The molecule has 104 valence electrons. The van der Waals surface area contributed by atoms with Crippen molar-refractivity contribution in [1.29, 1.82) is 0 Å². The van der Waals surface area contributed by atoms with Gasteiger partial charge in [-0.15, -0.1) is 0 Å². The molecule has 0 heterocycles. The fourth-order valence-electron chi connectivity index (χ4n) is 2.43. The van der Waals surface area contributed by atoms with Crippen LogP contribution < -0.4 is 11.1 Å². The number of carbonyl (C=O) groups is 2. The second kappa shape index (κ2) is 7.33. The number of carboxylic acid groups (broad SMARTS) is 1. The summed E-state index contributed by atoms with van der Waals surface area (Å²) in [4.78, 5) is 22.8. The Labute approximate surface area is 107 Å². The summed E-state index contributed by atoms with van der Waals surface area (Å²) in [5.41, 5.74) is 5.39. The third kappa shape index (κ3) is 3.96. The van der Waals surface area contributed by atoms with Gasteiger partial charge in [0.15, 0.2) is 0 Å². The molecular weight excluding hydrogens is 236 g/mol. The van der Waals surface area contributed by atoms with Gasteiger partial charge in [0.1, 0.15) is 6.10 Å². The lowest BCUT2D eigenvalue weighted by Gasteiger charge is -2.29. The Morgan fingerprint density at radius 1 is 1.44 bits per heavy atom. The standard InChI is InChI=1S/C12H22N2O4/c1-18-10(6-13)11(15)14-7-8-4-2-3-5-9(8)12(16)17/h8-10H,2-7,13H2,1H3,(H,14,15)(H,16,17). The van der Waals surface area contributed by atoms with E-state index in [-0.39, 0.29) is 24.3 Å². The molecule has 3 unspecified atom stereocenters. The molecule has 6 nitrogen and oxygen atoms in total. The van der Waals surface area contributed by atoms with Crippen LogP contribution in [0.2, 0.25) is 0 Å². The summed E-state index contributed by atoms with van der Waals surface area (Å²) >= 11 is 0. The van der Waals surface area contributed by atoms with Crippen LogP contribution in [0.15, 0.2) is 0 Å². The maximum Gasteiger partial charge on any atom is 0.306 e. The van der Waals surface area contributed by atoms with E-state index in [2.05, 4.69) is 5.32 Å². The minimum Gasteiger partial charge on any atom is -0.481 e. The van der Waals surface area contributed by atoms with Crippen molar-refractivity contribution in [3.05, 3.63) is 0 Å². The van der Waals surface area contributed by atoms with E-state index in [1.54, 1.807) is 0 Å². The van der Waals surface area contributed by atoms with Crippen molar-refractivity contribution in [1.82, 2.24) is 5.32 Å². The van der Waals surface area contributed by atoms with Gasteiger partial charge in [0.05, 0.1) is 5.92 Å². The van der Waals surface area contributed by atoms with Crippen molar-refractivity contribution in [3.63, 3.8) is 0 Å². The zero-order valence-corrected chi connectivity index (χ0v) is 10.7. The van der Waals surface area contributed by atoms with E-state index in [0.29, 0.717) is 13.0 Å². The highest BCUT2D eigenvalue weighted by Crippen LogP contribution is 2.29. The predicted molar refractivity (Wildman–Crippen MR) is 65.9 cm³/mol. The van der Waals surface area contributed by atoms with Gasteiger partial charge < -0.3 is 20.9 Å². The van der Waals surface area contributed by atoms with Gasteiger partial charge in [-0.25, -0.2) is 0 Å². The molecule has 1 aliphatic rings. The molecule has 1 aliphatic carbocycles. The summed E-state index contributed by atoms with van der Waals surface area (Å²) < 4.78 is 4.92. The van der Waals surface area contributed by atoms with E-state index in [1.807, 2.05) is 0 Å². The van der Waals surface area contributed by atoms with Gasteiger partial charge in [0.25, 0.3) is 0 Å². The van der Waals surface area contributed by atoms with Crippen LogP contribution in [0.25, 0.3) is 0 Å². The molecule has 4 N–H and O–H groups in total. The van der Waals surface area contributed by atoms with E-state index >= 15 is 0 Å². The Bertz CT molecular complexity index is 292. The number of carboxylic acids is 1. The molecule has 1 amide bonds. The molecule has 0 aromatic rings. The van der Waals surface area contributed by atoms with Gasteiger partial charge in [-0.1, -0.05) is 12.8 Å². The van der Waals surface area contributed by atoms with Gasteiger partial charge in [-0.05, 0) is 18.8 Å². The molecule has 3 atom stereocenters. The molecule has 0 radical (unpaired) electrons. The summed E-state index contributed by atoms with van der Waals surface area (Å²) in [5, 5.41) is 11.8.